The van der Waals surface area contributed by atoms with Crippen LogP contribution in [0.3, 0.4) is 0 Å². The summed E-state index contributed by atoms with van der Waals surface area (Å²) in [6.07, 6.45) is 1.34. The normalized spacial score (nSPS) is 17.1. The van der Waals surface area contributed by atoms with Crippen molar-refractivity contribution in [1.29, 1.82) is 0 Å². The molecular formula is C16H30N2O3. The molecule has 5 nitrogen and oxygen atoms in total. The van der Waals surface area contributed by atoms with E-state index in [0.29, 0.717) is 25.3 Å². The Labute approximate surface area is 128 Å². The number of ether oxygens (including phenoxy) is 1. The Morgan fingerprint density at radius 1 is 1.10 bits per heavy atom. The Hall–Kier alpha value is -1.10. The average molecular weight is 298 g/mol. The van der Waals surface area contributed by atoms with E-state index in [0.717, 1.165) is 26.1 Å². The fourth-order valence-corrected chi connectivity index (χ4v) is 2.25. The van der Waals surface area contributed by atoms with E-state index in [1.165, 1.54) is 0 Å². The largest absolute Gasteiger partial charge is 0.444 e. The zero-order chi connectivity index (χ0) is 16.0. The van der Waals surface area contributed by atoms with E-state index in [1.54, 1.807) is 4.90 Å². The molecule has 1 aliphatic rings. The second-order valence-corrected chi connectivity index (χ2v) is 7.03. The molecule has 21 heavy (non-hydrogen) atoms. The van der Waals surface area contributed by atoms with Crippen molar-refractivity contribution in [2.75, 3.05) is 32.7 Å². The van der Waals surface area contributed by atoms with Gasteiger partial charge in [-0.15, -0.1) is 0 Å². The Kier molecular flexibility index (Phi) is 6.65. The van der Waals surface area contributed by atoms with Crippen molar-refractivity contribution in [3.8, 4) is 0 Å². The molecular weight excluding hydrogens is 268 g/mol. The molecule has 1 amide bonds. The summed E-state index contributed by atoms with van der Waals surface area (Å²) >= 11 is 0. The van der Waals surface area contributed by atoms with Crippen molar-refractivity contribution in [2.45, 2.75) is 53.1 Å². The number of hydrogen-bond acceptors (Lipinski definition) is 4. The maximum atomic E-state index is 11.9. The van der Waals surface area contributed by atoms with Crippen LogP contribution in [0.1, 0.15) is 47.5 Å². The standard InChI is InChI=1S/C16H30N2O3/c1-13(2)14(19)7-6-8-17-9-11-18(12-10-17)15(20)21-16(3,4)5/h13H,6-12H2,1-5H3. The molecule has 0 saturated carbocycles. The molecule has 0 unspecified atom stereocenters. The summed E-state index contributed by atoms with van der Waals surface area (Å²) < 4.78 is 5.38. The van der Waals surface area contributed by atoms with E-state index < -0.39 is 5.60 Å². The van der Waals surface area contributed by atoms with Crippen LogP contribution in [-0.2, 0) is 9.53 Å². The van der Waals surface area contributed by atoms with Crippen LogP contribution >= 0.6 is 0 Å². The molecule has 0 radical (unpaired) electrons. The number of ketones is 1. The van der Waals surface area contributed by atoms with Crippen molar-refractivity contribution < 1.29 is 14.3 Å². The van der Waals surface area contributed by atoms with Crippen molar-refractivity contribution in [3.05, 3.63) is 0 Å². The first-order chi connectivity index (χ1) is 9.69. The first-order valence-corrected chi connectivity index (χ1v) is 7.92. The van der Waals surface area contributed by atoms with Crippen LogP contribution in [0.15, 0.2) is 0 Å². The third-order valence-electron chi connectivity index (χ3n) is 3.57. The smallest absolute Gasteiger partial charge is 0.410 e. The van der Waals surface area contributed by atoms with Crippen LogP contribution in [0.5, 0.6) is 0 Å². The molecule has 0 atom stereocenters. The molecule has 1 rings (SSSR count). The summed E-state index contributed by atoms with van der Waals surface area (Å²) in [5.41, 5.74) is -0.439. The van der Waals surface area contributed by atoms with E-state index in [-0.39, 0.29) is 12.0 Å². The third-order valence-corrected chi connectivity index (χ3v) is 3.57. The molecule has 1 heterocycles. The van der Waals surface area contributed by atoms with E-state index in [4.69, 9.17) is 4.74 Å². The maximum Gasteiger partial charge on any atom is 0.410 e. The second-order valence-electron chi connectivity index (χ2n) is 7.03. The fraction of sp³-hybridized carbons (Fsp3) is 0.875. The quantitative estimate of drug-likeness (QED) is 0.782. The first-order valence-electron chi connectivity index (χ1n) is 7.92. The van der Waals surface area contributed by atoms with E-state index in [2.05, 4.69) is 4.90 Å². The molecule has 0 aromatic rings. The van der Waals surface area contributed by atoms with Crippen LogP contribution in [0.25, 0.3) is 0 Å². The fourth-order valence-electron chi connectivity index (χ4n) is 2.25. The lowest BCUT2D eigenvalue weighted by atomic mass is 10.0. The van der Waals surface area contributed by atoms with E-state index in [1.807, 2.05) is 34.6 Å². The molecule has 0 spiro atoms. The minimum atomic E-state index is -0.439. The lowest BCUT2D eigenvalue weighted by Gasteiger charge is -2.35. The van der Waals surface area contributed by atoms with E-state index >= 15 is 0 Å². The number of rotatable bonds is 5. The monoisotopic (exact) mass is 298 g/mol. The summed E-state index contributed by atoms with van der Waals surface area (Å²) in [5.74, 6) is 0.469. The highest BCUT2D eigenvalue weighted by molar-refractivity contribution is 5.80. The number of piperazine rings is 1. The average Bonchev–Trinajstić information content (AvgIpc) is 2.37. The number of hydrogen-bond donors (Lipinski definition) is 0. The van der Waals surface area contributed by atoms with Gasteiger partial charge in [-0.3, -0.25) is 9.69 Å². The van der Waals surface area contributed by atoms with Gasteiger partial charge in [-0.2, -0.15) is 0 Å². The van der Waals surface area contributed by atoms with Crippen LogP contribution in [0, 0.1) is 5.92 Å². The van der Waals surface area contributed by atoms with Crippen molar-refractivity contribution in [2.24, 2.45) is 5.92 Å². The Bertz CT molecular complexity index is 353. The van der Waals surface area contributed by atoms with Crippen molar-refractivity contribution >= 4 is 11.9 Å². The summed E-state index contributed by atoms with van der Waals surface area (Å²) in [4.78, 5) is 27.6. The molecule has 1 saturated heterocycles. The molecule has 0 aromatic heterocycles. The van der Waals surface area contributed by atoms with Gasteiger partial charge in [0.15, 0.2) is 0 Å². The predicted octanol–water partition coefficient (Wildman–Crippen LogP) is 2.54. The first kappa shape index (κ1) is 18.0. The Balaban J connectivity index is 2.23. The van der Waals surface area contributed by atoms with Gasteiger partial charge < -0.3 is 9.64 Å². The van der Waals surface area contributed by atoms with Gasteiger partial charge in [-0.25, -0.2) is 4.79 Å². The van der Waals surface area contributed by atoms with Gasteiger partial charge in [-0.1, -0.05) is 13.8 Å². The zero-order valence-electron chi connectivity index (χ0n) is 14.1. The van der Waals surface area contributed by atoms with Crippen LogP contribution in [0.4, 0.5) is 4.79 Å². The molecule has 0 aliphatic carbocycles. The van der Waals surface area contributed by atoms with Gasteiger partial charge in [0.2, 0.25) is 0 Å². The maximum absolute atomic E-state index is 11.9. The van der Waals surface area contributed by atoms with Crippen LogP contribution in [0.2, 0.25) is 0 Å². The summed E-state index contributed by atoms with van der Waals surface area (Å²) in [6.45, 7) is 13.6. The van der Waals surface area contributed by atoms with Gasteiger partial charge in [0.1, 0.15) is 11.4 Å². The number of amides is 1. The molecule has 0 aromatic carbocycles. The molecule has 0 bridgehead atoms. The highest BCUT2D eigenvalue weighted by Crippen LogP contribution is 2.12. The molecule has 1 fully saturated rings. The third kappa shape index (κ3) is 6.93. The SMILES string of the molecule is CC(C)C(=O)CCCN1CCN(C(=O)OC(C)(C)C)CC1. The minimum Gasteiger partial charge on any atom is -0.444 e. The molecule has 5 heteroatoms. The van der Waals surface area contributed by atoms with Gasteiger partial charge in [0.25, 0.3) is 0 Å². The van der Waals surface area contributed by atoms with Crippen molar-refractivity contribution in [1.82, 2.24) is 9.80 Å². The number of carbonyl (C=O) groups is 2. The lowest BCUT2D eigenvalue weighted by molar-refractivity contribution is -0.122. The number of nitrogens with zero attached hydrogens (tertiary/aromatic N) is 2. The molecule has 122 valence electrons. The summed E-state index contributed by atoms with van der Waals surface area (Å²) in [7, 11) is 0. The van der Waals surface area contributed by atoms with Gasteiger partial charge in [0.05, 0.1) is 0 Å². The predicted molar refractivity (Wildman–Crippen MR) is 83.3 cm³/mol. The second kappa shape index (κ2) is 7.78. The lowest BCUT2D eigenvalue weighted by Crippen LogP contribution is -2.50. The topological polar surface area (TPSA) is 49.9 Å². The van der Waals surface area contributed by atoms with Crippen molar-refractivity contribution in [3.63, 3.8) is 0 Å². The highest BCUT2D eigenvalue weighted by atomic mass is 16.6. The van der Waals surface area contributed by atoms with Gasteiger partial charge in [0, 0.05) is 38.5 Å². The van der Waals surface area contributed by atoms with Crippen LogP contribution in [-0.4, -0.2) is 60.0 Å². The molecule has 1 aliphatic heterocycles. The Morgan fingerprint density at radius 3 is 2.14 bits per heavy atom. The zero-order valence-corrected chi connectivity index (χ0v) is 14.1. The van der Waals surface area contributed by atoms with E-state index in [9.17, 15) is 9.59 Å². The highest BCUT2D eigenvalue weighted by Gasteiger charge is 2.25. The van der Waals surface area contributed by atoms with Gasteiger partial charge in [-0.05, 0) is 33.7 Å². The summed E-state index contributed by atoms with van der Waals surface area (Å²) in [6, 6.07) is 0. The van der Waals surface area contributed by atoms with Crippen LogP contribution < -0.4 is 0 Å². The van der Waals surface area contributed by atoms with Gasteiger partial charge >= 0.3 is 6.09 Å². The number of carbonyl (C=O) groups excluding carboxylic acids is 2. The summed E-state index contributed by atoms with van der Waals surface area (Å²) in [5, 5.41) is 0. The number of Topliss-reactive ketones (excluding diaryl/α,β-unsaturated/α-hetero) is 1. The molecule has 0 N–H and O–H groups in total. The minimum absolute atomic E-state index is 0.133. The Morgan fingerprint density at radius 2 is 1.67 bits per heavy atom.